The highest BCUT2D eigenvalue weighted by atomic mass is 32.2. The smallest absolute Gasteiger partial charge is 0.316 e. The van der Waals surface area contributed by atoms with Crippen molar-refractivity contribution >= 4 is 55.5 Å². The van der Waals surface area contributed by atoms with Crippen molar-refractivity contribution in [2.45, 2.75) is 98.3 Å². The standard InChI is InChI=1S/C45H56N8O5S2/c1-12-37-41(46-38-19-18-36(22-30(38)5)52(13-2)20-21-54)43-48-47-42(53(43)49-37)31-23-34(50-59(55)58-39-25-32(44(6,7)8)16-14-28(39)3)27-35(24-31)51-60(56,57)40-26-33(45(9,10)11)17-15-29(40)4/h14-19,22-27,50-51,54H,12-13,20-21H2,1-11H3. The van der Waals surface area contributed by atoms with E-state index in [1.165, 1.54) is 0 Å². The Morgan fingerprint density at radius 3 is 2.10 bits per heavy atom. The molecule has 5 aromatic rings. The first-order chi connectivity index (χ1) is 28.2. The molecule has 0 radical (unpaired) electrons. The lowest BCUT2D eigenvalue weighted by atomic mass is 9.86. The van der Waals surface area contributed by atoms with Gasteiger partial charge in [-0.25, -0.2) is 13.4 Å². The molecule has 0 fully saturated rings. The summed E-state index contributed by atoms with van der Waals surface area (Å²) in [4.78, 5) is 7.26. The minimum atomic E-state index is -4.11. The van der Waals surface area contributed by atoms with Crippen molar-refractivity contribution in [1.29, 1.82) is 0 Å². The molecular formula is C45H56N8O5S2. The number of aryl methyl sites for hydroxylation is 3. The van der Waals surface area contributed by atoms with Gasteiger partial charge in [0.25, 0.3) is 10.0 Å². The fourth-order valence-corrected chi connectivity index (χ4v) is 8.83. The molecule has 0 aliphatic carbocycles. The summed E-state index contributed by atoms with van der Waals surface area (Å²) in [6, 6.07) is 22.2. The van der Waals surface area contributed by atoms with E-state index in [0.717, 1.165) is 40.2 Å². The second-order valence-electron chi connectivity index (χ2n) is 17.1. The first-order valence-electron chi connectivity index (χ1n) is 20.1. The molecule has 0 spiro atoms. The van der Waals surface area contributed by atoms with E-state index in [2.05, 4.69) is 45.3 Å². The van der Waals surface area contributed by atoms with Crippen molar-refractivity contribution in [2.75, 3.05) is 34.0 Å². The van der Waals surface area contributed by atoms with Crippen molar-refractivity contribution in [1.82, 2.24) is 14.9 Å². The summed E-state index contributed by atoms with van der Waals surface area (Å²) in [6.07, 6.45) is 0.560. The van der Waals surface area contributed by atoms with Crippen LogP contribution in [0.2, 0.25) is 0 Å². The van der Waals surface area contributed by atoms with Gasteiger partial charge in [-0.15, -0.1) is 10.2 Å². The summed E-state index contributed by atoms with van der Waals surface area (Å²) in [5.74, 6) is 1.21. The molecule has 60 heavy (non-hydrogen) atoms. The van der Waals surface area contributed by atoms with Gasteiger partial charge in [-0.1, -0.05) is 72.7 Å². The minimum Gasteiger partial charge on any atom is -0.395 e. The summed E-state index contributed by atoms with van der Waals surface area (Å²) in [7, 11) is -4.11. The third kappa shape index (κ3) is 9.64. The highest BCUT2D eigenvalue weighted by molar-refractivity contribution is 7.92. The lowest BCUT2D eigenvalue weighted by Crippen LogP contribution is -2.26. The predicted octanol–water partition coefficient (Wildman–Crippen LogP) is 8.90. The Morgan fingerprint density at radius 2 is 1.47 bits per heavy atom. The summed E-state index contributed by atoms with van der Waals surface area (Å²) in [5, 5.41) is 23.5. The molecule has 13 nitrogen and oxygen atoms in total. The zero-order chi connectivity index (χ0) is 43.7. The summed E-state index contributed by atoms with van der Waals surface area (Å²) in [5.41, 5.74) is 7.75. The number of anilines is 3. The van der Waals surface area contributed by atoms with Gasteiger partial charge in [0, 0.05) is 24.3 Å². The monoisotopic (exact) mass is 852 g/mol. The van der Waals surface area contributed by atoms with Crippen molar-refractivity contribution in [3.8, 4) is 17.1 Å². The number of aliphatic hydroxyl groups is 1. The van der Waals surface area contributed by atoms with Gasteiger partial charge >= 0.3 is 11.3 Å². The van der Waals surface area contributed by atoms with Crippen molar-refractivity contribution < 1.29 is 21.9 Å². The second kappa shape index (κ2) is 17.3. The Kier molecular flexibility index (Phi) is 12.7. The van der Waals surface area contributed by atoms with Crippen LogP contribution in [0, 0.1) is 20.8 Å². The highest BCUT2D eigenvalue weighted by Gasteiger charge is 2.29. The average Bonchev–Trinajstić information content (AvgIpc) is 3.73. The molecule has 1 atom stereocenters. The summed E-state index contributed by atoms with van der Waals surface area (Å²) in [6.45, 7) is 23.4. The topological polar surface area (TPSA) is 163 Å². The number of aliphatic imine (C=N–C) groups is 1. The number of sulfonamides is 1. The number of hydrogen-bond donors (Lipinski definition) is 3. The number of nitrogens with zero attached hydrogens (tertiary/aromatic N) is 6. The number of hydrogen-bond acceptors (Lipinski definition) is 10. The molecule has 1 aliphatic heterocycles. The summed E-state index contributed by atoms with van der Waals surface area (Å²) < 4.78 is 55.2. The normalized spacial score (nSPS) is 14.2. The maximum absolute atomic E-state index is 14.1. The molecule has 0 bridgehead atoms. The van der Waals surface area contributed by atoms with E-state index in [-0.39, 0.29) is 28.0 Å². The van der Waals surface area contributed by atoms with Crippen LogP contribution in [0.5, 0.6) is 5.75 Å². The van der Waals surface area contributed by atoms with Crippen molar-refractivity contribution in [3.05, 3.63) is 106 Å². The van der Waals surface area contributed by atoms with Gasteiger partial charge in [-0.3, -0.25) is 9.44 Å². The van der Waals surface area contributed by atoms with Gasteiger partial charge in [0.05, 0.1) is 34.3 Å². The summed E-state index contributed by atoms with van der Waals surface area (Å²) >= 11 is -2.08. The van der Waals surface area contributed by atoms with Crippen LogP contribution in [-0.2, 0) is 32.1 Å². The van der Waals surface area contributed by atoms with Crippen molar-refractivity contribution in [3.63, 3.8) is 0 Å². The van der Waals surface area contributed by atoms with Crippen LogP contribution in [0.4, 0.5) is 22.7 Å². The quantitative estimate of drug-likeness (QED) is 0.0998. The second-order valence-corrected chi connectivity index (χ2v) is 19.6. The third-order valence-electron chi connectivity index (χ3n) is 10.4. The van der Waals surface area contributed by atoms with E-state index in [1.807, 2.05) is 97.0 Å². The Morgan fingerprint density at radius 1 is 0.817 bits per heavy atom. The van der Waals surface area contributed by atoms with Gasteiger partial charge in [0.2, 0.25) is 5.82 Å². The Labute approximate surface area is 356 Å². The molecule has 15 heteroatoms. The largest absolute Gasteiger partial charge is 0.395 e. The zero-order valence-corrected chi connectivity index (χ0v) is 38.0. The first-order valence-corrected chi connectivity index (χ1v) is 22.6. The molecule has 318 valence electrons. The third-order valence-corrected chi connectivity index (χ3v) is 12.7. The number of nitrogens with one attached hydrogen (secondary N) is 2. The highest BCUT2D eigenvalue weighted by Crippen LogP contribution is 2.34. The van der Waals surface area contributed by atoms with Gasteiger partial charge < -0.3 is 14.2 Å². The number of likely N-dealkylation sites (N-methyl/N-ethyl adjacent to an activating group) is 1. The first kappa shape index (κ1) is 44.2. The van der Waals surface area contributed by atoms with E-state index >= 15 is 0 Å². The van der Waals surface area contributed by atoms with E-state index in [1.54, 1.807) is 35.9 Å². The molecule has 1 aromatic heterocycles. The molecule has 0 saturated heterocycles. The molecule has 0 saturated carbocycles. The molecule has 6 rings (SSSR count). The van der Waals surface area contributed by atoms with Crippen LogP contribution in [0.25, 0.3) is 11.4 Å². The van der Waals surface area contributed by atoms with Gasteiger partial charge in [-0.2, -0.15) is 14.0 Å². The lowest BCUT2D eigenvalue weighted by molar-refractivity contribution is 0.302. The molecule has 1 aliphatic rings. The van der Waals surface area contributed by atoms with E-state index in [0.29, 0.717) is 58.6 Å². The van der Waals surface area contributed by atoms with Gasteiger partial charge in [-0.05, 0) is 121 Å². The van der Waals surface area contributed by atoms with Gasteiger partial charge in [0.1, 0.15) is 11.5 Å². The molecule has 4 aromatic carbocycles. The Hall–Kier alpha value is -5.38. The molecule has 2 heterocycles. The van der Waals surface area contributed by atoms with Crippen LogP contribution in [-0.4, -0.2) is 63.7 Å². The van der Waals surface area contributed by atoms with E-state index in [9.17, 15) is 17.7 Å². The van der Waals surface area contributed by atoms with Crippen LogP contribution in [0.1, 0.15) is 95.5 Å². The number of aliphatic hydroxyl groups excluding tert-OH is 1. The van der Waals surface area contributed by atoms with Crippen LogP contribution in [0.15, 0.2) is 87.8 Å². The number of rotatable bonds is 14. The van der Waals surface area contributed by atoms with Crippen LogP contribution in [0.3, 0.4) is 0 Å². The van der Waals surface area contributed by atoms with Crippen LogP contribution < -0.4 is 18.5 Å². The van der Waals surface area contributed by atoms with Crippen LogP contribution >= 0.6 is 0 Å². The fourth-order valence-electron chi connectivity index (χ4n) is 6.82. The van der Waals surface area contributed by atoms with Crippen molar-refractivity contribution in [2.24, 2.45) is 10.1 Å². The average molecular weight is 853 g/mol. The maximum atomic E-state index is 14.1. The number of aromatic nitrogens is 3. The van der Waals surface area contributed by atoms with Gasteiger partial charge in [0.15, 0.2) is 5.82 Å². The van der Waals surface area contributed by atoms with E-state index < -0.39 is 21.3 Å². The minimum absolute atomic E-state index is 0.0556. The predicted molar refractivity (Wildman–Crippen MR) is 244 cm³/mol. The molecule has 0 amide bonds. The molecule has 3 N–H and O–H groups in total. The SMILES string of the molecule is CCC1=Nn2c(nnc2-c2cc(NS(=O)Oc3cc(C(C)(C)C)ccc3C)cc(NS(=O)(=O)c3cc(C(C)(C)C)ccc3C)c2)C1=Nc1ccc(N(CC)CCO)cc1C. The number of fused-ring (bicyclic) bond motifs is 1. The zero-order valence-electron chi connectivity index (χ0n) is 36.3. The maximum Gasteiger partial charge on any atom is 0.316 e. The molecular weight excluding hydrogens is 797 g/mol. The lowest BCUT2D eigenvalue weighted by Gasteiger charge is -2.22. The Balaban J connectivity index is 1.41. The number of benzene rings is 4. The Bertz CT molecular complexity index is 2620. The fraction of sp³-hybridized carbons (Fsp3) is 0.378. The van der Waals surface area contributed by atoms with E-state index in [4.69, 9.17) is 14.3 Å². The molecule has 1 unspecified atom stereocenters.